The Bertz CT molecular complexity index is 1030. The number of morpholine rings is 1. The number of hydrogen-bond donors (Lipinski definition) is 1. The molecule has 1 aliphatic heterocycles. The molecule has 162 valence electrons. The van der Waals surface area contributed by atoms with Crippen molar-refractivity contribution in [3.63, 3.8) is 0 Å². The van der Waals surface area contributed by atoms with Gasteiger partial charge in [0.1, 0.15) is 10.6 Å². The highest BCUT2D eigenvalue weighted by molar-refractivity contribution is 7.89. The van der Waals surface area contributed by atoms with Crippen LogP contribution in [0.15, 0.2) is 41.3 Å². The zero-order valence-corrected chi connectivity index (χ0v) is 18.8. The topological polar surface area (TPSA) is 84.9 Å². The number of nitrogens with zero attached hydrogens (tertiary/aromatic N) is 1. The van der Waals surface area contributed by atoms with Gasteiger partial charge in [-0.25, -0.2) is 8.42 Å². The molecule has 0 bridgehead atoms. The lowest BCUT2D eigenvalue weighted by Gasteiger charge is -2.26. The SMILES string of the molecule is O=C(COc1ccc(Cl)cc1S(=O)(=O)N1CCOCC1)NCc1ccc(Cl)cc1Cl. The number of nitrogens with one attached hydrogen (secondary N) is 1. The van der Waals surface area contributed by atoms with Crippen LogP contribution in [0, 0.1) is 0 Å². The molecule has 0 unspecified atom stereocenters. The van der Waals surface area contributed by atoms with E-state index in [4.69, 9.17) is 44.3 Å². The summed E-state index contributed by atoms with van der Waals surface area (Å²) in [4.78, 5) is 12.1. The zero-order valence-electron chi connectivity index (χ0n) is 15.7. The molecule has 0 radical (unpaired) electrons. The molecule has 1 fully saturated rings. The van der Waals surface area contributed by atoms with Crippen LogP contribution in [0.1, 0.15) is 5.56 Å². The van der Waals surface area contributed by atoms with Crippen LogP contribution in [0.3, 0.4) is 0 Å². The Morgan fingerprint density at radius 2 is 1.73 bits per heavy atom. The smallest absolute Gasteiger partial charge is 0.258 e. The minimum Gasteiger partial charge on any atom is -0.482 e. The molecule has 2 aromatic rings. The summed E-state index contributed by atoms with van der Waals surface area (Å²) >= 11 is 17.9. The molecule has 3 rings (SSSR count). The Hall–Kier alpha value is -1.55. The monoisotopic (exact) mass is 492 g/mol. The number of ether oxygens (including phenoxy) is 2. The maximum absolute atomic E-state index is 13.0. The van der Waals surface area contributed by atoms with Gasteiger partial charge in [0.2, 0.25) is 10.0 Å². The summed E-state index contributed by atoms with van der Waals surface area (Å²) in [6.07, 6.45) is 0. The molecule has 7 nitrogen and oxygen atoms in total. The van der Waals surface area contributed by atoms with Crippen molar-refractivity contribution in [3.05, 3.63) is 57.0 Å². The fraction of sp³-hybridized carbons (Fsp3) is 0.316. The standard InChI is InChI=1S/C19H19Cl3N2O5S/c20-14-2-1-13(16(22)9-14)11-23-19(25)12-29-17-4-3-15(21)10-18(17)30(26,27)24-5-7-28-8-6-24/h1-4,9-10H,5-8,11-12H2,(H,23,25). The molecule has 11 heteroatoms. The molecule has 1 aliphatic rings. The van der Waals surface area contributed by atoms with E-state index in [1.807, 2.05) is 0 Å². The van der Waals surface area contributed by atoms with E-state index in [-0.39, 0.29) is 41.9 Å². The van der Waals surface area contributed by atoms with Crippen molar-refractivity contribution in [1.82, 2.24) is 9.62 Å². The molecule has 1 saturated heterocycles. The molecule has 30 heavy (non-hydrogen) atoms. The third-order valence-electron chi connectivity index (χ3n) is 4.34. The van der Waals surface area contributed by atoms with Crippen molar-refractivity contribution >= 4 is 50.7 Å². The molecule has 0 aromatic heterocycles. The van der Waals surface area contributed by atoms with Gasteiger partial charge in [-0.3, -0.25) is 4.79 Å². The zero-order chi connectivity index (χ0) is 21.7. The number of hydrogen-bond acceptors (Lipinski definition) is 5. The molecule has 0 aliphatic carbocycles. The van der Waals surface area contributed by atoms with Crippen molar-refractivity contribution in [3.8, 4) is 5.75 Å². The maximum atomic E-state index is 13.0. The van der Waals surface area contributed by atoms with Crippen LogP contribution in [0.2, 0.25) is 15.1 Å². The second kappa shape index (κ2) is 10.2. The molecule has 0 atom stereocenters. The van der Waals surface area contributed by atoms with Crippen LogP contribution in [0.4, 0.5) is 0 Å². The summed E-state index contributed by atoms with van der Waals surface area (Å²) in [6, 6.07) is 9.20. The average Bonchev–Trinajstić information content (AvgIpc) is 2.72. The molecular formula is C19H19Cl3N2O5S. The van der Waals surface area contributed by atoms with E-state index in [9.17, 15) is 13.2 Å². The number of halogens is 3. The van der Waals surface area contributed by atoms with Gasteiger partial charge in [0.25, 0.3) is 5.91 Å². The summed E-state index contributed by atoms with van der Waals surface area (Å²) in [7, 11) is -3.85. The van der Waals surface area contributed by atoms with Gasteiger partial charge < -0.3 is 14.8 Å². The first-order valence-corrected chi connectivity index (χ1v) is 11.6. The molecule has 1 N–H and O–H groups in total. The summed E-state index contributed by atoms with van der Waals surface area (Å²) in [6.45, 7) is 0.890. The third-order valence-corrected chi connectivity index (χ3v) is 7.09. The van der Waals surface area contributed by atoms with Crippen molar-refractivity contribution < 1.29 is 22.7 Å². The molecule has 1 heterocycles. The first-order valence-electron chi connectivity index (χ1n) is 8.98. The lowest BCUT2D eigenvalue weighted by atomic mass is 10.2. The normalized spacial score (nSPS) is 15.0. The van der Waals surface area contributed by atoms with Gasteiger partial charge in [-0.15, -0.1) is 0 Å². The Kier molecular flexibility index (Phi) is 7.84. The lowest BCUT2D eigenvalue weighted by Crippen LogP contribution is -2.40. The fourth-order valence-corrected chi connectivity index (χ4v) is 5.06. The number of amides is 1. The average molecular weight is 494 g/mol. The predicted molar refractivity (Wildman–Crippen MR) is 115 cm³/mol. The van der Waals surface area contributed by atoms with Gasteiger partial charge in [-0.1, -0.05) is 40.9 Å². The second-order valence-corrected chi connectivity index (χ2v) is 9.60. The van der Waals surface area contributed by atoms with Crippen LogP contribution in [-0.4, -0.2) is 51.5 Å². The van der Waals surface area contributed by atoms with Crippen LogP contribution >= 0.6 is 34.8 Å². The van der Waals surface area contributed by atoms with Gasteiger partial charge in [-0.05, 0) is 35.9 Å². The molecule has 0 saturated carbocycles. The summed E-state index contributed by atoms with van der Waals surface area (Å²) in [5, 5.41) is 3.84. The van der Waals surface area contributed by atoms with E-state index in [0.29, 0.717) is 28.8 Å². The molecule has 1 amide bonds. The van der Waals surface area contributed by atoms with Gasteiger partial charge in [-0.2, -0.15) is 4.31 Å². The highest BCUT2D eigenvalue weighted by Gasteiger charge is 2.29. The van der Waals surface area contributed by atoms with Gasteiger partial charge in [0.15, 0.2) is 6.61 Å². The Morgan fingerprint density at radius 3 is 2.43 bits per heavy atom. The van der Waals surface area contributed by atoms with Crippen molar-refractivity contribution in [2.24, 2.45) is 0 Å². The van der Waals surface area contributed by atoms with Crippen LogP contribution < -0.4 is 10.1 Å². The predicted octanol–water partition coefficient (Wildman–Crippen LogP) is 3.36. The minimum absolute atomic E-state index is 0.0468. The van der Waals surface area contributed by atoms with Gasteiger partial charge >= 0.3 is 0 Å². The van der Waals surface area contributed by atoms with E-state index >= 15 is 0 Å². The van der Waals surface area contributed by atoms with Crippen molar-refractivity contribution in [1.29, 1.82) is 0 Å². The second-order valence-electron chi connectivity index (χ2n) is 6.41. The van der Waals surface area contributed by atoms with Crippen molar-refractivity contribution in [2.45, 2.75) is 11.4 Å². The fourth-order valence-electron chi connectivity index (χ4n) is 2.78. The van der Waals surface area contributed by atoms with E-state index in [2.05, 4.69) is 5.32 Å². The highest BCUT2D eigenvalue weighted by atomic mass is 35.5. The Morgan fingerprint density at radius 1 is 1.07 bits per heavy atom. The van der Waals surface area contributed by atoms with Gasteiger partial charge in [0, 0.05) is 34.7 Å². The largest absolute Gasteiger partial charge is 0.482 e. The van der Waals surface area contributed by atoms with E-state index in [0.717, 1.165) is 0 Å². The lowest BCUT2D eigenvalue weighted by molar-refractivity contribution is -0.123. The summed E-state index contributed by atoms with van der Waals surface area (Å²) in [5.74, 6) is -0.392. The highest BCUT2D eigenvalue weighted by Crippen LogP contribution is 2.30. The quantitative estimate of drug-likeness (QED) is 0.639. The molecule has 2 aromatic carbocycles. The number of carbonyl (C=O) groups is 1. The number of sulfonamides is 1. The number of carbonyl (C=O) groups excluding carboxylic acids is 1. The number of benzene rings is 2. The van der Waals surface area contributed by atoms with Crippen LogP contribution in [0.25, 0.3) is 0 Å². The Labute approximate surface area is 189 Å². The van der Waals surface area contributed by atoms with Crippen molar-refractivity contribution in [2.75, 3.05) is 32.9 Å². The van der Waals surface area contributed by atoms with Crippen LogP contribution in [0.5, 0.6) is 5.75 Å². The van der Waals surface area contributed by atoms with Gasteiger partial charge in [0.05, 0.1) is 13.2 Å². The molecule has 0 spiro atoms. The molecular weight excluding hydrogens is 475 g/mol. The summed E-state index contributed by atoms with van der Waals surface area (Å²) < 4.78 is 38.0. The minimum atomic E-state index is -3.85. The summed E-state index contributed by atoms with van der Waals surface area (Å²) in [5.41, 5.74) is 0.691. The van der Waals surface area contributed by atoms with Crippen LogP contribution in [-0.2, 0) is 26.1 Å². The first kappa shape index (κ1) is 23.1. The van der Waals surface area contributed by atoms with E-state index in [1.54, 1.807) is 18.2 Å². The third kappa shape index (κ3) is 5.78. The van der Waals surface area contributed by atoms with E-state index < -0.39 is 15.9 Å². The van der Waals surface area contributed by atoms with E-state index in [1.165, 1.54) is 22.5 Å². The first-order chi connectivity index (χ1) is 14.3. The number of rotatable bonds is 7. The maximum Gasteiger partial charge on any atom is 0.258 e. The Balaban J connectivity index is 1.67.